The number of aliphatic hydroxyl groups is 1. The average Bonchev–Trinajstić information content (AvgIpc) is 3.07. The number of benzene rings is 2. The molecule has 2 saturated carbocycles. The molecule has 0 bridgehead atoms. The lowest BCUT2D eigenvalue weighted by molar-refractivity contribution is -0.0164. The summed E-state index contributed by atoms with van der Waals surface area (Å²) in [6.45, 7) is 5.57. The third-order valence-corrected chi connectivity index (χ3v) is 8.22. The van der Waals surface area contributed by atoms with E-state index in [0.29, 0.717) is 31.0 Å². The molecule has 0 spiro atoms. The second-order valence-electron chi connectivity index (χ2n) is 9.85. The van der Waals surface area contributed by atoms with Gasteiger partial charge in [-0.3, -0.25) is 0 Å². The maximum Gasteiger partial charge on any atom is 0.120 e. The highest BCUT2D eigenvalue weighted by Gasteiger charge is 2.56. The van der Waals surface area contributed by atoms with Gasteiger partial charge in [-0.25, -0.2) is 0 Å². The zero-order chi connectivity index (χ0) is 21.4. The van der Waals surface area contributed by atoms with E-state index in [-0.39, 0.29) is 11.5 Å². The summed E-state index contributed by atoms with van der Waals surface area (Å²) in [5.74, 6) is 2.75. The van der Waals surface area contributed by atoms with E-state index in [1.165, 1.54) is 23.1 Å². The lowest BCUT2D eigenvalue weighted by Crippen LogP contribution is -2.44. The summed E-state index contributed by atoms with van der Waals surface area (Å²) in [7, 11) is 0. The third kappa shape index (κ3) is 3.67. The molecule has 0 unspecified atom stereocenters. The molecule has 5 rings (SSSR count). The van der Waals surface area contributed by atoms with Crippen molar-refractivity contribution in [3.8, 4) is 5.75 Å². The lowest BCUT2D eigenvalue weighted by Gasteiger charge is -2.49. The van der Waals surface area contributed by atoms with Crippen molar-refractivity contribution in [1.82, 2.24) is 0 Å². The average molecular weight is 419 g/mol. The highest BCUT2D eigenvalue weighted by molar-refractivity contribution is 5.41. The normalized spacial score (nSPS) is 32.8. The molecule has 3 aliphatic carbocycles. The van der Waals surface area contributed by atoms with E-state index >= 15 is 0 Å². The van der Waals surface area contributed by atoms with Crippen LogP contribution in [0.15, 0.2) is 60.4 Å². The van der Waals surface area contributed by atoms with E-state index in [2.05, 4.69) is 49.4 Å². The van der Waals surface area contributed by atoms with Gasteiger partial charge >= 0.3 is 0 Å². The first-order chi connectivity index (χ1) is 15.1. The van der Waals surface area contributed by atoms with E-state index in [0.717, 1.165) is 37.0 Å². The molecule has 31 heavy (non-hydrogen) atoms. The molecule has 0 saturated heterocycles. The van der Waals surface area contributed by atoms with Gasteiger partial charge in [0.1, 0.15) is 12.4 Å². The SMILES string of the molecule is CCOC=C1C[C@H]2[C@@H]3CCc4cc(OCc5ccccc5)ccc4[C@H]3CC[C@]2(C)[C@H]1O. The summed E-state index contributed by atoms with van der Waals surface area (Å²) in [6, 6.07) is 17.1. The van der Waals surface area contributed by atoms with Crippen molar-refractivity contribution in [2.45, 2.75) is 64.6 Å². The Morgan fingerprint density at radius 2 is 1.97 bits per heavy atom. The van der Waals surface area contributed by atoms with Crippen LogP contribution in [0.25, 0.3) is 0 Å². The van der Waals surface area contributed by atoms with Crippen molar-refractivity contribution in [2.75, 3.05) is 6.61 Å². The molecule has 3 heteroatoms. The number of hydrogen-bond donors (Lipinski definition) is 1. The molecule has 5 atom stereocenters. The van der Waals surface area contributed by atoms with Crippen LogP contribution in [-0.4, -0.2) is 17.8 Å². The minimum Gasteiger partial charge on any atom is -0.501 e. The first-order valence-corrected chi connectivity index (χ1v) is 11.9. The molecule has 0 heterocycles. The summed E-state index contributed by atoms with van der Waals surface area (Å²) < 4.78 is 11.7. The van der Waals surface area contributed by atoms with Gasteiger partial charge in [0, 0.05) is 5.41 Å². The van der Waals surface area contributed by atoms with Crippen LogP contribution in [0, 0.1) is 17.3 Å². The molecule has 0 radical (unpaired) electrons. The quantitative estimate of drug-likeness (QED) is 0.604. The molecular formula is C28H34O3. The van der Waals surface area contributed by atoms with Crippen LogP contribution in [0.3, 0.4) is 0 Å². The van der Waals surface area contributed by atoms with Gasteiger partial charge in [-0.2, -0.15) is 0 Å². The van der Waals surface area contributed by atoms with E-state index < -0.39 is 0 Å². The summed E-state index contributed by atoms with van der Waals surface area (Å²) in [5, 5.41) is 11.1. The molecule has 0 aliphatic heterocycles. The fourth-order valence-corrected chi connectivity index (χ4v) is 6.55. The van der Waals surface area contributed by atoms with Crippen molar-refractivity contribution >= 4 is 0 Å². The molecular weight excluding hydrogens is 384 g/mol. The van der Waals surface area contributed by atoms with Crippen LogP contribution < -0.4 is 4.74 Å². The highest BCUT2D eigenvalue weighted by Crippen LogP contribution is 2.62. The molecule has 0 aromatic heterocycles. The van der Waals surface area contributed by atoms with E-state index in [1.807, 2.05) is 19.3 Å². The van der Waals surface area contributed by atoms with Crippen molar-refractivity contribution in [3.05, 3.63) is 77.1 Å². The second-order valence-corrected chi connectivity index (χ2v) is 9.85. The first kappa shape index (κ1) is 20.6. The van der Waals surface area contributed by atoms with Gasteiger partial charge in [-0.05, 0) is 91.2 Å². The van der Waals surface area contributed by atoms with E-state index in [4.69, 9.17) is 9.47 Å². The maximum atomic E-state index is 11.1. The number of hydrogen-bond acceptors (Lipinski definition) is 3. The van der Waals surface area contributed by atoms with Gasteiger partial charge < -0.3 is 14.6 Å². The van der Waals surface area contributed by atoms with Crippen LogP contribution in [0.4, 0.5) is 0 Å². The molecule has 3 nitrogen and oxygen atoms in total. The van der Waals surface area contributed by atoms with Crippen LogP contribution in [0.2, 0.25) is 0 Å². The maximum absolute atomic E-state index is 11.1. The number of fused-ring (bicyclic) bond motifs is 5. The Hall–Kier alpha value is -2.26. The summed E-state index contributed by atoms with van der Waals surface area (Å²) in [5.41, 5.74) is 5.26. The van der Waals surface area contributed by atoms with E-state index in [1.54, 1.807) is 0 Å². The molecule has 2 aromatic carbocycles. The Balaban J connectivity index is 1.34. The fourth-order valence-electron chi connectivity index (χ4n) is 6.55. The Kier molecular flexibility index (Phi) is 5.56. The molecule has 1 N–H and O–H groups in total. The number of rotatable bonds is 5. The van der Waals surface area contributed by atoms with E-state index in [9.17, 15) is 5.11 Å². The van der Waals surface area contributed by atoms with Crippen molar-refractivity contribution in [2.24, 2.45) is 17.3 Å². The summed E-state index contributed by atoms with van der Waals surface area (Å²) in [4.78, 5) is 0. The van der Waals surface area contributed by atoms with Crippen molar-refractivity contribution in [3.63, 3.8) is 0 Å². The molecule has 3 aliphatic rings. The van der Waals surface area contributed by atoms with Crippen molar-refractivity contribution < 1.29 is 14.6 Å². The molecule has 2 fully saturated rings. The van der Waals surface area contributed by atoms with Crippen LogP contribution in [-0.2, 0) is 17.8 Å². The molecule has 2 aromatic rings. The van der Waals surface area contributed by atoms with Gasteiger partial charge in [-0.15, -0.1) is 0 Å². The largest absolute Gasteiger partial charge is 0.501 e. The van der Waals surface area contributed by atoms with Gasteiger partial charge in [0.05, 0.1) is 19.0 Å². The Morgan fingerprint density at radius 3 is 2.77 bits per heavy atom. The smallest absolute Gasteiger partial charge is 0.120 e. The Labute approximate surface area is 186 Å². The summed E-state index contributed by atoms with van der Waals surface area (Å²) >= 11 is 0. The number of aryl methyl sites for hydroxylation is 1. The third-order valence-electron chi connectivity index (χ3n) is 8.22. The zero-order valence-corrected chi connectivity index (χ0v) is 18.7. The lowest BCUT2D eigenvalue weighted by atomic mass is 9.55. The van der Waals surface area contributed by atoms with Crippen LogP contribution in [0.1, 0.15) is 62.1 Å². The fraction of sp³-hybridized carbons (Fsp3) is 0.500. The van der Waals surface area contributed by atoms with Crippen molar-refractivity contribution in [1.29, 1.82) is 0 Å². The monoisotopic (exact) mass is 418 g/mol. The predicted molar refractivity (Wildman–Crippen MR) is 123 cm³/mol. The number of aliphatic hydroxyl groups excluding tert-OH is 1. The summed E-state index contributed by atoms with van der Waals surface area (Å²) in [6.07, 6.45) is 7.01. The zero-order valence-electron chi connectivity index (χ0n) is 18.7. The minimum absolute atomic E-state index is 0.0136. The van der Waals surface area contributed by atoms with Crippen LogP contribution >= 0.6 is 0 Å². The Morgan fingerprint density at radius 1 is 1.13 bits per heavy atom. The highest BCUT2D eigenvalue weighted by atomic mass is 16.5. The van der Waals surface area contributed by atoms with Gasteiger partial charge in [0.15, 0.2) is 0 Å². The van der Waals surface area contributed by atoms with Gasteiger partial charge in [-0.1, -0.05) is 43.3 Å². The molecule has 164 valence electrons. The second kappa shape index (κ2) is 8.35. The molecule has 0 amide bonds. The van der Waals surface area contributed by atoms with Gasteiger partial charge in [0.25, 0.3) is 0 Å². The minimum atomic E-state index is -0.361. The topological polar surface area (TPSA) is 38.7 Å². The number of ether oxygens (including phenoxy) is 2. The first-order valence-electron chi connectivity index (χ1n) is 11.9. The standard InChI is InChI=1S/C28H34O3/c1-3-30-18-21-16-26-25-11-9-20-15-22(31-17-19-7-5-4-6-8-19)10-12-23(20)24(25)13-14-28(26,2)27(21)29/h4-8,10,12,15,18,24-27,29H,3,9,11,13-14,16-17H2,1-2H3/t24-,25-,26+,27+,28+/m1/s1. The van der Waals surface area contributed by atoms with Crippen LogP contribution in [0.5, 0.6) is 5.75 Å². The predicted octanol–water partition coefficient (Wildman–Crippen LogP) is 6.01. The Bertz CT molecular complexity index is 950. The van der Waals surface area contributed by atoms with Gasteiger partial charge in [0.2, 0.25) is 0 Å².